The summed E-state index contributed by atoms with van der Waals surface area (Å²) in [5.74, 6) is 3.47. The molecule has 4 rings (SSSR count). The van der Waals surface area contributed by atoms with E-state index in [1.54, 1.807) is 23.5 Å². The molecule has 0 unspecified atom stereocenters. The van der Waals surface area contributed by atoms with Crippen molar-refractivity contribution in [2.75, 3.05) is 6.79 Å². The Morgan fingerprint density at radius 3 is 2.91 bits per heavy atom. The average molecular weight is 394 g/mol. The van der Waals surface area contributed by atoms with E-state index in [1.807, 2.05) is 18.2 Å². The van der Waals surface area contributed by atoms with Crippen molar-refractivity contribution in [1.82, 2.24) is 0 Å². The summed E-state index contributed by atoms with van der Waals surface area (Å²) in [5.41, 5.74) is 3.59. The van der Waals surface area contributed by atoms with Gasteiger partial charge in [0, 0.05) is 16.0 Å². The second kappa shape index (κ2) is 6.18. The van der Waals surface area contributed by atoms with Crippen molar-refractivity contribution in [2.45, 2.75) is 11.5 Å². The Balaban J connectivity index is 1.51. The van der Waals surface area contributed by atoms with Crippen LogP contribution >= 0.6 is 39.5 Å². The molecule has 0 fully saturated rings. The molecule has 0 saturated heterocycles. The Bertz CT molecular complexity index is 764. The smallest absolute Gasteiger partial charge is 0.231 e. The highest BCUT2D eigenvalue weighted by Gasteiger charge is 2.18. The van der Waals surface area contributed by atoms with Crippen LogP contribution in [0, 0.1) is 0 Å². The molecule has 2 aromatic carbocycles. The maximum absolute atomic E-state index is 5.44. The number of ether oxygens (including phenoxy) is 2. The van der Waals surface area contributed by atoms with Crippen LogP contribution in [0.25, 0.3) is 0 Å². The summed E-state index contributed by atoms with van der Waals surface area (Å²) in [6, 6.07) is 12.3. The minimum atomic E-state index is 0.303. The Kier molecular flexibility index (Phi) is 4.07. The van der Waals surface area contributed by atoms with Gasteiger partial charge in [-0.2, -0.15) is 0 Å². The van der Waals surface area contributed by atoms with Crippen LogP contribution in [0.3, 0.4) is 0 Å². The number of fused-ring (bicyclic) bond motifs is 2. The quantitative estimate of drug-likeness (QED) is 0.688. The van der Waals surface area contributed by atoms with E-state index in [1.165, 1.54) is 11.1 Å². The third-order valence-corrected chi connectivity index (χ3v) is 6.48. The summed E-state index contributed by atoms with van der Waals surface area (Å²) in [6.45, 7) is 0.303. The fraction of sp³-hybridized carbons (Fsp3) is 0.188. The van der Waals surface area contributed by atoms with Gasteiger partial charge in [0.15, 0.2) is 11.5 Å². The van der Waals surface area contributed by atoms with E-state index in [2.05, 4.69) is 34.1 Å². The van der Waals surface area contributed by atoms with Crippen molar-refractivity contribution in [1.29, 1.82) is 0 Å². The molecule has 3 nitrogen and oxygen atoms in total. The molecule has 0 aliphatic carbocycles. The van der Waals surface area contributed by atoms with E-state index in [0.717, 1.165) is 37.5 Å². The molecule has 0 atom stereocenters. The summed E-state index contributed by atoms with van der Waals surface area (Å²) >= 11 is 7.16. The summed E-state index contributed by atoms with van der Waals surface area (Å²) in [7, 11) is 0. The molecule has 22 heavy (non-hydrogen) atoms. The first kappa shape index (κ1) is 14.5. The molecule has 0 aromatic heterocycles. The number of para-hydroxylation sites is 1. The molecule has 112 valence electrons. The van der Waals surface area contributed by atoms with E-state index in [4.69, 9.17) is 14.5 Å². The second-order valence-electron chi connectivity index (χ2n) is 4.88. The minimum Gasteiger partial charge on any atom is -0.454 e. The van der Waals surface area contributed by atoms with Crippen LogP contribution < -0.4 is 9.47 Å². The lowest BCUT2D eigenvalue weighted by atomic mass is 10.2. The molecule has 2 aliphatic rings. The van der Waals surface area contributed by atoms with E-state index in [-0.39, 0.29) is 0 Å². The summed E-state index contributed by atoms with van der Waals surface area (Å²) in [6.07, 6.45) is 0. The fourth-order valence-electron chi connectivity index (χ4n) is 2.30. The number of hydrogen-bond acceptors (Lipinski definition) is 5. The predicted molar refractivity (Wildman–Crippen MR) is 96.4 cm³/mol. The molecule has 0 radical (unpaired) electrons. The second-order valence-corrected chi connectivity index (χ2v) is 7.92. The van der Waals surface area contributed by atoms with Crippen LogP contribution in [0.5, 0.6) is 11.5 Å². The highest BCUT2D eigenvalue weighted by molar-refractivity contribution is 9.10. The third kappa shape index (κ3) is 2.87. The van der Waals surface area contributed by atoms with Gasteiger partial charge in [-0.05, 0) is 29.3 Å². The van der Waals surface area contributed by atoms with Crippen molar-refractivity contribution in [2.24, 2.45) is 4.99 Å². The molecule has 2 aliphatic heterocycles. The van der Waals surface area contributed by atoms with Crippen LogP contribution in [0.4, 0.5) is 5.69 Å². The molecular weight excluding hydrogens is 382 g/mol. The largest absolute Gasteiger partial charge is 0.454 e. The molecule has 2 aromatic rings. The first-order chi connectivity index (χ1) is 10.8. The lowest BCUT2D eigenvalue weighted by molar-refractivity contribution is 0.174. The zero-order valence-electron chi connectivity index (χ0n) is 11.5. The van der Waals surface area contributed by atoms with Crippen LogP contribution in [0.15, 0.2) is 45.9 Å². The number of benzene rings is 2. The van der Waals surface area contributed by atoms with E-state index in [9.17, 15) is 0 Å². The van der Waals surface area contributed by atoms with Crippen molar-refractivity contribution in [3.8, 4) is 11.5 Å². The first-order valence-corrected chi connectivity index (χ1v) is 9.56. The van der Waals surface area contributed by atoms with Gasteiger partial charge in [0.2, 0.25) is 6.79 Å². The van der Waals surface area contributed by atoms with Crippen LogP contribution in [-0.4, -0.2) is 11.2 Å². The molecule has 0 spiro atoms. The lowest BCUT2D eigenvalue weighted by Crippen LogP contribution is -1.96. The van der Waals surface area contributed by atoms with Crippen LogP contribution in [-0.2, 0) is 11.5 Å². The van der Waals surface area contributed by atoms with E-state index < -0.39 is 0 Å². The molecule has 0 saturated carbocycles. The third-order valence-electron chi connectivity index (χ3n) is 3.45. The van der Waals surface area contributed by atoms with Gasteiger partial charge >= 0.3 is 0 Å². The van der Waals surface area contributed by atoms with Gasteiger partial charge < -0.3 is 9.47 Å². The van der Waals surface area contributed by atoms with Gasteiger partial charge in [-0.15, -0.1) is 0 Å². The Morgan fingerprint density at radius 1 is 1.18 bits per heavy atom. The minimum absolute atomic E-state index is 0.303. The number of aliphatic imine (C=N–C) groups is 1. The number of hydrogen-bond donors (Lipinski definition) is 0. The van der Waals surface area contributed by atoms with Crippen molar-refractivity contribution >= 4 is 49.5 Å². The fourth-order valence-corrected chi connectivity index (χ4v) is 5.00. The van der Waals surface area contributed by atoms with Crippen molar-refractivity contribution in [3.05, 3.63) is 52.0 Å². The molecule has 6 heteroatoms. The molecule has 2 heterocycles. The van der Waals surface area contributed by atoms with E-state index in [0.29, 0.717) is 6.79 Å². The monoisotopic (exact) mass is 393 g/mol. The molecule has 0 amide bonds. The summed E-state index contributed by atoms with van der Waals surface area (Å²) in [4.78, 5) is 4.73. The lowest BCUT2D eigenvalue weighted by Gasteiger charge is -2.14. The van der Waals surface area contributed by atoms with Crippen molar-refractivity contribution in [3.63, 3.8) is 0 Å². The molecule has 0 bridgehead atoms. The SMILES string of the molecule is Brc1cc2c(cc1CSC1=Nc3ccccc3CS1)OCO2. The zero-order valence-corrected chi connectivity index (χ0v) is 14.8. The number of thioether (sulfide) groups is 2. The van der Waals surface area contributed by atoms with Crippen molar-refractivity contribution < 1.29 is 9.47 Å². The van der Waals surface area contributed by atoms with Gasteiger partial charge in [-0.3, -0.25) is 0 Å². The van der Waals surface area contributed by atoms with Gasteiger partial charge in [0.25, 0.3) is 0 Å². The average Bonchev–Trinajstić information content (AvgIpc) is 2.99. The summed E-state index contributed by atoms with van der Waals surface area (Å²) < 4.78 is 13.0. The highest BCUT2D eigenvalue weighted by atomic mass is 79.9. The molecular formula is C16H12BrNO2S2. The molecule has 0 N–H and O–H groups in total. The predicted octanol–water partition coefficient (Wildman–Crippen LogP) is 5.35. The van der Waals surface area contributed by atoms with Crippen LogP contribution in [0.2, 0.25) is 0 Å². The maximum atomic E-state index is 5.44. The number of rotatable bonds is 2. The van der Waals surface area contributed by atoms with Gasteiger partial charge in [0.1, 0.15) is 4.38 Å². The topological polar surface area (TPSA) is 30.8 Å². The Morgan fingerprint density at radius 2 is 2.00 bits per heavy atom. The van der Waals surface area contributed by atoms with Gasteiger partial charge in [-0.1, -0.05) is 57.7 Å². The normalized spacial score (nSPS) is 15.4. The van der Waals surface area contributed by atoms with E-state index >= 15 is 0 Å². The van der Waals surface area contributed by atoms with Gasteiger partial charge in [0.05, 0.1) is 5.69 Å². The Labute approximate surface area is 145 Å². The standard InChI is InChI=1S/C16H12BrNO2S2/c17-12-6-15-14(19-9-20-15)5-11(12)8-22-16-18-13-4-2-1-3-10(13)7-21-16/h1-6H,7-9H2. The number of nitrogens with zero attached hydrogens (tertiary/aromatic N) is 1. The highest BCUT2D eigenvalue weighted by Crippen LogP contribution is 2.40. The number of halogens is 1. The zero-order chi connectivity index (χ0) is 14.9. The summed E-state index contributed by atoms with van der Waals surface area (Å²) in [5, 5.41) is 0. The first-order valence-electron chi connectivity index (χ1n) is 6.80. The van der Waals surface area contributed by atoms with Gasteiger partial charge in [-0.25, -0.2) is 4.99 Å². The Hall–Kier alpha value is -1.11. The van der Waals surface area contributed by atoms with Crippen LogP contribution in [0.1, 0.15) is 11.1 Å². The maximum Gasteiger partial charge on any atom is 0.231 e.